The van der Waals surface area contributed by atoms with Crippen molar-refractivity contribution in [3.05, 3.63) is 23.8 Å². The minimum atomic E-state index is 0.193. The van der Waals surface area contributed by atoms with Crippen molar-refractivity contribution in [2.45, 2.75) is 13.8 Å². The first kappa shape index (κ1) is 10.9. The van der Waals surface area contributed by atoms with Gasteiger partial charge >= 0.3 is 0 Å². The van der Waals surface area contributed by atoms with Crippen LogP contribution in [-0.2, 0) is 0 Å². The van der Waals surface area contributed by atoms with Crippen molar-refractivity contribution in [2.24, 2.45) is 5.92 Å². The average molecular weight is 194 g/mol. The lowest BCUT2D eigenvalue weighted by Crippen LogP contribution is -2.15. The fourth-order valence-corrected chi connectivity index (χ4v) is 1.18. The number of nitrogens with one attached hydrogen (secondary N) is 1. The number of aliphatic hydroxyl groups excluding tert-OH is 1. The second-order valence-electron chi connectivity index (χ2n) is 3.70. The number of nitrogen functional groups attached to an aromatic ring is 1. The third-order valence-electron chi connectivity index (χ3n) is 2.28. The Balaban J connectivity index is 2.63. The summed E-state index contributed by atoms with van der Waals surface area (Å²) in [5, 5.41) is 12.1. The molecule has 1 aromatic carbocycles. The van der Waals surface area contributed by atoms with Gasteiger partial charge in [0, 0.05) is 13.2 Å². The Morgan fingerprint density at radius 1 is 1.50 bits per heavy atom. The highest BCUT2D eigenvalue weighted by Gasteiger charge is 2.03. The van der Waals surface area contributed by atoms with Crippen LogP contribution < -0.4 is 11.1 Å². The molecule has 1 aromatic rings. The van der Waals surface area contributed by atoms with Gasteiger partial charge in [-0.25, -0.2) is 0 Å². The topological polar surface area (TPSA) is 58.3 Å². The van der Waals surface area contributed by atoms with Gasteiger partial charge in [0.2, 0.25) is 0 Å². The fraction of sp³-hybridized carbons (Fsp3) is 0.455. The number of hydrogen-bond acceptors (Lipinski definition) is 3. The summed E-state index contributed by atoms with van der Waals surface area (Å²) in [6.07, 6.45) is 0. The van der Waals surface area contributed by atoms with E-state index >= 15 is 0 Å². The molecule has 0 bridgehead atoms. The molecule has 0 aliphatic heterocycles. The van der Waals surface area contributed by atoms with Crippen LogP contribution in [0.2, 0.25) is 0 Å². The Bertz CT molecular complexity index is 299. The van der Waals surface area contributed by atoms with E-state index in [0.29, 0.717) is 0 Å². The van der Waals surface area contributed by atoms with E-state index in [-0.39, 0.29) is 12.5 Å². The molecule has 3 nitrogen and oxygen atoms in total. The van der Waals surface area contributed by atoms with E-state index in [2.05, 4.69) is 5.32 Å². The summed E-state index contributed by atoms with van der Waals surface area (Å²) in [5.41, 5.74) is 8.70. The molecule has 1 atom stereocenters. The van der Waals surface area contributed by atoms with E-state index in [1.165, 1.54) is 0 Å². The molecular weight excluding hydrogens is 176 g/mol. The Morgan fingerprint density at radius 2 is 2.21 bits per heavy atom. The van der Waals surface area contributed by atoms with Crippen LogP contribution in [-0.4, -0.2) is 18.3 Å². The quantitative estimate of drug-likeness (QED) is 0.638. The molecule has 0 aliphatic rings. The predicted octanol–water partition coefficient (Wildman–Crippen LogP) is 1.62. The lowest BCUT2D eigenvalue weighted by molar-refractivity contribution is 0.244. The van der Waals surface area contributed by atoms with Crippen molar-refractivity contribution in [1.29, 1.82) is 0 Å². The Kier molecular flexibility index (Phi) is 3.77. The highest BCUT2D eigenvalue weighted by atomic mass is 16.3. The van der Waals surface area contributed by atoms with Crippen LogP contribution in [0.3, 0.4) is 0 Å². The summed E-state index contributed by atoms with van der Waals surface area (Å²) in [6.45, 7) is 4.90. The molecule has 0 spiro atoms. The van der Waals surface area contributed by atoms with Gasteiger partial charge in [-0.3, -0.25) is 0 Å². The number of para-hydroxylation sites is 1. The lowest BCUT2D eigenvalue weighted by Gasteiger charge is -2.13. The van der Waals surface area contributed by atoms with Crippen molar-refractivity contribution >= 4 is 11.4 Å². The molecule has 0 aromatic heterocycles. The molecule has 0 heterocycles. The molecule has 14 heavy (non-hydrogen) atoms. The highest BCUT2D eigenvalue weighted by Crippen LogP contribution is 2.21. The predicted molar refractivity (Wildman–Crippen MR) is 60.3 cm³/mol. The molecule has 0 amide bonds. The Labute approximate surface area is 84.9 Å². The molecule has 4 N–H and O–H groups in total. The van der Waals surface area contributed by atoms with Crippen LogP contribution in [0.15, 0.2) is 18.2 Å². The van der Waals surface area contributed by atoms with Gasteiger partial charge in [0.1, 0.15) is 0 Å². The van der Waals surface area contributed by atoms with Crippen LogP contribution in [0.25, 0.3) is 0 Å². The normalized spacial score (nSPS) is 12.5. The summed E-state index contributed by atoms with van der Waals surface area (Å²) in [5.74, 6) is 0.245. The molecule has 0 saturated carbocycles. The Morgan fingerprint density at radius 3 is 2.86 bits per heavy atom. The van der Waals surface area contributed by atoms with Gasteiger partial charge in [-0.1, -0.05) is 19.1 Å². The van der Waals surface area contributed by atoms with Gasteiger partial charge in [-0.15, -0.1) is 0 Å². The van der Waals surface area contributed by atoms with Crippen LogP contribution in [0.4, 0.5) is 11.4 Å². The first-order valence-electron chi connectivity index (χ1n) is 4.85. The van der Waals surface area contributed by atoms with Crippen molar-refractivity contribution in [1.82, 2.24) is 0 Å². The summed E-state index contributed by atoms with van der Waals surface area (Å²) >= 11 is 0. The standard InChI is InChI=1S/C11H18N2O/c1-8(7-14)6-13-10-5-3-4-9(2)11(10)12/h3-5,8,13-14H,6-7,12H2,1-2H3. The van der Waals surface area contributed by atoms with E-state index in [9.17, 15) is 0 Å². The Hall–Kier alpha value is -1.22. The van der Waals surface area contributed by atoms with Crippen LogP contribution in [0.5, 0.6) is 0 Å². The van der Waals surface area contributed by atoms with E-state index in [1.807, 2.05) is 32.0 Å². The molecule has 1 rings (SSSR count). The minimum Gasteiger partial charge on any atom is -0.397 e. The van der Waals surface area contributed by atoms with Crippen molar-refractivity contribution in [3.63, 3.8) is 0 Å². The van der Waals surface area contributed by atoms with Crippen LogP contribution in [0.1, 0.15) is 12.5 Å². The van der Waals surface area contributed by atoms with Crippen LogP contribution in [0, 0.1) is 12.8 Å². The van der Waals surface area contributed by atoms with Gasteiger partial charge in [0.05, 0.1) is 11.4 Å². The van der Waals surface area contributed by atoms with Gasteiger partial charge < -0.3 is 16.2 Å². The zero-order valence-electron chi connectivity index (χ0n) is 8.75. The summed E-state index contributed by atoms with van der Waals surface area (Å²) in [4.78, 5) is 0. The number of nitrogens with two attached hydrogens (primary N) is 1. The van der Waals surface area contributed by atoms with Crippen molar-refractivity contribution in [3.8, 4) is 0 Å². The maximum atomic E-state index is 8.87. The van der Waals surface area contributed by atoms with Gasteiger partial charge in [0.15, 0.2) is 0 Å². The fourth-order valence-electron chi connectivity index (χ4n) is 1.18. The lowest BCUT2D eigenvalue weighted by atomic mass is 10.1. The van der Waals surface area contributed by atoms with Crippen LogP contribution >= 0.6 is 0 Å². The number of rotatable bonds is 4. The molecule has 78 valence electrons. The maximum absolute atomic E-state index is 8.87. The molecule has 0 radical (unpaired) electrons. The molecule has 1 unspecified atom stereocenters. The zero-order valence-corrected chi connectivity index (χ0v) is 8.75. The first-order chi connectivity index (χ1) is 6.65. The number of benzene rings is 1. The smallest absolute Gasteiger partial charge is 0.0579 e. The molecule has 0 fully saturated rings. The largest absolute Gasteiger partial charge is 0.397 e. The molecular formula is C11H18N2O. The SMILES string of the molecule is Cc1cccc(NCC(C)CO)c1N. The summed E-state index contributed by atoms with van der Waals surface area (Å²) in [6, 6.07) is 5.90. The molecule has 3 heteroatoms. The molecule has 0 aliphatic carbocycles. The zero-order chi connectivity index (χ0) is 10.6. The summed E-state index contributed by atoms with van der Waals surface area (Å²) < 4.78 is 0. The monoisotopic (exact) mass is 194 g/mol. The van der Waals surface area contributed by atoms with Gasteiger partial charge in [0.25, 0.3) is 0 Å². The van der Waals surface area contributed by atoms with E-state index in [4.69, 9.17) is 10.8 Å². The number of aryl methyl sites for hydroxylation is 1. The number of aliphatic hydroxyl groups is 1. The van der Waals surface area contributed by atoms with Gasteiger partial charge in [-0.2, -0.15) is 0 Å². The van der Waals surface area contributed by atoms with E-state index in [1.54, 1.807) is 0 Å². The third kappa shape index (κ3) is 2.64. The summed E-state index contributed by atoms with van der Waals surface area (Å²) in [7, 11) is 0. The molecule has 0 saturated heterocycles. The van der Waals surface area contributed by atoms with Crippen molar-refractivity contribution in [2.75, 3.05) is 24.2 Å². The second kappa shape index (κ2) is 4.86. The van der Waals surface area contributed by atoms with Crippen molar-refractivity contribution < 1.29 is 5.11 Å². The highest BCUT2D eigenvalue weighted by molar-refractivity contribution is 5.69. The average Bonchev–Trinajstić information content (AvgIpc) is 2.20. The van der Waals surface area contributed by atoms with E-state index in [0.717, 1.165) is 23.5 Å². The van der Waals surface area contributed by atoms with Gasteiger partial charge in [-0.05, 0) is 24.5 Å². The second-order valence-corrected chi connectivity index (χ2v) is 3.70. The third-order valence-corrected chi connectivity index (χ3v) is 2.28. The minimum absolute atomic E-state index is 0.193. The maximum Gasteiger partial charge on any atom is 0.0579 e. The first-order valence-corrected chi connectivity index (χ1v) is 4.85. The number of hydrogen-bond donors (Lipinski definition) is 3. The van der Waals surface area contributed by atoms with E-state index < -0.39 is 0 Å². The number of anilines is 2.